The van der Waals surface area contributed by atoms with Crippen molar-refractivity contribution in [2.24, 2.45) is 5.92 Å². The molecule has 22 heavy (non-hydrogen) atoms. The van der Waals surface area contributed by atoms with Gasteiger partial charge in [-0.15, -0.1) is 0 Å². The van der Waals surface area contributed by atoms with E-state index in [-0.39, 0.29) is 23.5 Å². The molecule has 0 spiro atoms. The summed E-state index contributed by atoms with van der Waals surface area (Å²) in [7, 11) is -2.09. The molecule has 1 aromatic carbocycles. The van der Waals surface area contributed by atoms with E-state index in [0.717, 1.165) is 12.8 Å². The van der Waals surface area contributed by atoms with Gasteiger partial charge in [-0.1, -0.05) is 11.6 Å². The smallest absolute Gasteiger partial charge is 0.254 e. The normalized spacial score (nSPS) is 18.7. The molecular weight excluding hydrogens is 328 g/mol. The van der Waals surface area contributed by atoms with E-state index in [0.29, 0.717) is 28.6 Å². The lowest BCUT2D eigenvalue weighted by Crippen LogP contribution is -2.29. The van der Waals surface area contributed by atoms with Gasteiger partial charge < -0.3 is 10.1 Å². The number of anilines is 1. The zero-order chi connectivity index (χ0) is 15.9. The molecule has 1 saturated carbocycles. The number of nitrogens with one attached hydrogen (secondary N) is 2. The summed E-state index contributed by atoms with van der Waals surface area (Å²) < 4.78 is 32.4. The van der Waals surface area contributed by atoms with E-state index in [1.54, 1.807) is 6.07 Å². The Morgan fingerprint density at radius 3 is 2.82 bits per heavy atom. The molecule has 0 saturated heterocycles. The molecule has 0 aromatic heterocycles. The molecule has 1 unspecified atom stereocenters. The standard InChI is InChI=1S/C14H17ClN2O4S/c1-21-12(8-2-3-8)7-22(19,20)17-11-5-4-10(15)9-6-16-14(18)13(9)11/h4-5,8,12,17H,2-3,6-7H2,1H3,(H,16,18). The third-order valence-electron chi connectivity index (χ3n) is 4.01. The number of fused-ring (bicyclic) bond motifs is 1. The van der Waals surface area contributed by atoms with Crippen LogP contribution in [-0.2, 0) is 21.3 Å². The summed E-state index contributed by atoms with van der Waals surface area (Å²) in [5.74, 6) is -0.130. The Kier molecular flexibility index (Phi) is 4.05. The molecule has 3 rings (SSSR count). The van der Waals surface area contributed by atoms with Gasteiger partial charge in [-0.3, -0.25) is 9.52 Å². The van der Waals surface area contributed by atoms with Crippen LogP contribution in [0.3, 0.4) is 0 Å². The maximum absolute atomic E-state index is 12.3. The monoisotopic (exact) mass is 344 g/mol. The van der Waals surface area contributed by atoms with Gasteiger partial charge in [-0.05, 0) is 30.9 Å². The number of carbonyl (C=O) groups is 1. The summed E-state index contributed by atoms with van der Waals surface area (Å²) in [5, 5.41) is 3.10. The molecule has 1 fully saturated rings. The number of rotatable bonds is 6. The third kappa shape index (κ3) is 3.06. The van der Waals surface area contributed by atoms with Crippen molar-refractivity contribution in [3.8, 4) is 0 Å². The highest BCUT2D eigenvalue weighted by molar-refractivity contribution is 7.92. The maximum Gasteiger partial charge on any atom is 0.254 e. The Morgan fingerprint density at radius 1 is 1.45 bits per heavy atom. The predicted molar refractivity (Wildman–Crippen MR) is 83.6 cm³/mol. The average Bonchev–Trinajstić information content (AvgIpc) is 3.23. The van der Waals surface area contributed by atoms with E-state index in [9.17, 15) is 13.2 Å². The van der Waals surface area contributed by atoms with Gasteiger partial charge >= 0.3 is 0 Å². The number of carbonyl (C=O) groups excluding carboxylic acids is 1. The quantitative estimate of drug-likeness (QED) is 0.823. The lowest BCUT2D eigenvalue weighted by Gasteiger charge is -2.16. The van der Waals surface area contributed by atoms with Crippen LogP contribution < -0.4 is 10.0 Å². The van der Waals surface area contributed by atoms with Crippen molar-refractivity contribution < 1.29 is 17.9 Å². The lowest BCUT2D eigenvalue weighted by molar-refractivity contribution is 0.0966. The van der Waals surface area contributed by atoms with Crippen molar-refractivity contribution in [2.75, 3.05) is 17.6 Å². The molecular formula is C14H17ClN2O4S. The number of hydrogen-bond donors (Lipinski definition) is 2. The SMILES string of the molecule is COC(CS(=O)(=O)Nc1ccc(Cl)c2c1C(=O)NC2)C1CC1. The fourth-order valence-electron chi connectivity index (χ4n) is 2.69. The molecule has 2 aliphatic rings. The van der Waals surface area contributed by atoms with Crippen LogP contribution in [0.5, 0.6) is 0 Å². The molecule has 8 heteroatoms. The second-order valence-electron chi connectivity index (χ2n) is 5.63. The van der Waals surface area contributed by atoms with Crippen molar-refractivity contribution in [3.05, 3.63) is 28.3 Å². The van der Waals surface area contributed by atoms with Crippen LogP contribution in [0.25, 0.3) is 0 Å². The van der Waals surface area contributed by atoms with E-state index >= 15 is 0 Å². The van der Waals surface area contributed by atoms with Crippen LogP contribution in [0, 0.1) is 5.92 Å². The van der Waals surface area contributed by atoms with Gasteiger partial charge in [0.05, 0.1) is 23.1 Å². The zero-order valence-electron chi connectivity index (χ0n) is 12.1. The minimum atomic E-state index is -3.61. The fraction of sp³-hybridized carbons (Fsp3) is 0.500. The van der Waals surface area contributed by atoms with Gasteiger partial charge in [0.15, 0.2) is 0 Å². The second kappa shape index (κ2) is 5.72. The van der Waals surface area contributed by atoms with Crippen molar-refractivity contribution in [1.29, 1.82) is 0 Å². The van der Waals surface area contributed by atoms with Crippen LogP contribution >= 0.6 is 11.6 Å². The highest BCUT2D eigenvalue weighted by Gasteiger charge is 2.35. The number of halogens is 1. The Bertz CT molecular complexity index is 716. The maximum atomic E-state index is 12.3. The number of hydrogen-bond acceptors (Lipinski definition) is 4. The molecule has 120 valence electrons. The highest BCUT2D eigenvalue weighted by atomic mass is 35.5. The van der Waals surface area contributed by atoms with Gasteiger partial charge in [-0.25, -0.2) is 8.42 Å². The van der Waals surface area contributed by atoms with Gasteiger partial charge in [0, 0.05) is 24.2 Å². The summed E-state index contributed by atoms with van der Waals surface area (Å²) >= 11 is 6.05. The first-order valence-electron chi connectivity index (χ1n) is 7.04. The molecule has 0 radical (unpaired) electrons. The highest BCUT2D eigenvalue weighted by Crippen LogP contribution is 2.35. The summed E-state index contributed by atoms with van der Waals surface area (Å²) in [5.41, 5.74) is 1.19. The van der Waals surface area contributed by atoms with E-state index in [1.807, 2.05) is 0 Å². The number of methoxy groups -OCH3 is 1. The predicted octanol–water partition coefficient (Wildman–Crippen LogP) is 1.75. The first kappa shape index (κ1) is 15.6. The number of sulfonamides is 1. The Balaban J connectivity index is 1.84. The molecule has 2 N–H and O–H groups in total. The number of ether oxygens (including phenoxy) is 1. The number of amides is 1. The van der Waals surface area contributed by atoms with Crippen LogP contribution in [0.2, 0.25) is 5.02 Å². The molecule has 6 nitrogen and oxygen atoms in total. The van der Waals surface area contributed by atoms with Crippen molar-refractivity contribution in [3.63, 3.8) is 0 Å². The zero-order valence-corrected chi connectivity index (χ0v) is 13.6. The third-order valence-corrected chi connectivity index (χ3v) is 5.66. The summed E-state index contributed by atoms with van der Waals surface area (Å²) in [6, 6.07) is 3.11. The van der Waals surface area contributed by atoms with Crippen molar-refractivity contribution in [1.82, 2.24) is 5.32 Å². The summed E-state index contributed by atoms with van der Waals surface area (Å²) in [6.45, 7) is 0.311. The van der Waals surface area contributed by atoms with Gasteiger partial charge in [0.25, 0.3) is 5.91 Å². The van der Waals surface area contributed by atoms with Gasteiger partial charge in [0.1, 0.15) is 0 Å². The Labute approximate surface area is 134 Å². The largest absolute Gasteiger partial charge is 0.380 e. The lowest BCUT2D eigenvalue weighted by atomic mass is 10.1. The Morgan fingerprint density at radius 2 is 2.18 bits per heavy atom. The molecule has 1 aromatic rings. The molecule has 1 amide bonds. The number of benzene rings is 1. The summed E-state index contributed by atoms with van der Waals surface area (Å²) in [6.07, 6.45) is 1.67. The van der Waals surface area contributed by atoms with Crippen molar-refractivity contribution >= 4 is 33.2 Å². The molecule has 0 bridgehead atoms. The topological polar surface area (TPSA) is 84.5 Å². The van der Waals surface area contributed by atoms with E-state index in [1.165, 1.54) is 13.2 Å². The molecule has 1 heterocycles. The fourth-order valence-corrected chi connectivity index (χ4v) is 4.34. The van der Waals surface area contributed by atoms with E-state index in [2.05, 4.69) is 10.0 Å². The van der Waals surface area contributed by atoms with E-state index in [4.69, 9.17) is 16.3 Å². The second-order valence-corrected chi connectivity index (χ2v) is 7.80. The Hall–Kier alpha value is -1.31. The minimum Gasteiger partial charge on any atom is -0.380 e. The van der Waals surface area contributed by atoms with E-state index < -0.39 is 10.0 Å². The molecule has 1 aliphatic heterocycles. The van der Waals surface area contributed by atoms with Crippen LogP contribution in [0.15, 0.2) is 12.1 Å². The van der Waals surface area contributed by atoms with Crippen LogP contribution in [0.4, 0.5) is 5.69 Å². The first-order valence-corrected chi connectivity index (χ1v) is 9.07. The molecule has 1 atom stereocenters. The summed E-state index contributed by atoms with van der Waals surface area (Å²) in [4.78, 5) is 11.9. The van der Waals surface area contributed by atoms with Crippen LogP contribution in [-0.4, -0.2) is 33.3 Å². The van der Waals surface area contributed by atoms with Crippen molar-refractivity contribution in [2.45, 2.75) is 25.5 Å². The minimum absolute atomic E-state index is 0.118. The van der Waals surface area contributed by atoms with Gasteiger partial charge in [-0.2, -0.15) is 0 Å². The first-order chi connectivity index (χ1) is 10.4. The average molecular weight is 345 g/mol. The molecule has 1 aliphatic carbocycles. The van der Waals surface area contributed by atoms with Crippen LogP contribution in [0.1, 0.15) is 28.8 Å². The van der Waals surface area contributed by atoms with Gasteiger partial charge in [0.2, 0.25) is 10.0 Å².